The average Bonchev–Trinajstić information content (AvgIpc) is 3.56. The molecule has 1 aromatic carbocycles. The van der Waals surface area contributed by atoms with Gasteiger partial charge in [0.1, 0.15) is 24.5 Å². The van der Waals surface area contributed by atoms with Crippen molar-refractivity contribution in [2.75, 3.05) is 18.2 Å². The van der Waals surface area contributed by atoms with Crippen LogP contribution in [-0.2, 0) is 27.2 Å². The van der Waals surface area contributed by atoms with Crippen molar-refractivity contribution >= 4 is 25.5 Å². The van der Waals surface area contributed by atoms with E-state index in [4.69, 9.17) is 52.2 Å². The molecule has 0 aliphatic heterocycles. The SMILES string of the molecule is NCCCC[C@H](N)C(=O)O.NCCCC[C@H](N)C(=O)O.O=P(O)(O)Nc1ncccc1-c1cc(Cc2ccc(COc3ccccn3)cc2)no1. The molecule has 17 nitrogen and oxygen atoms in total. The van der Waals surface area contributed by atoms with E-state index < -0.39 is 31.8 Å². The Morgan fingerprint density at radius 3 is 1.94 bits per heavy atom. The molecular weight excluding hydrogens is 683 g/mol. The van der Waals surface area contributed by atoms with Crippen molar-refractivity contribution in [2.45, 2.75) is 63.6 Å². The van der Waals surface area contributed by atoms with E-state index in [9.17, 15) is 14.2 Å². The number of carboxylic acid groups (broad SMARTS) is 2. The Balaban J connectivity index is 0.000000371. The summed E-state index contributed by atoms with van der Waals surface area (Å²) < 4.78 is 22.3. The number of ether oxygens (including phenoxy) is 1. The number of benzene rings is 1. The fourth-order valence-electron chi connectivity index (χ4n) is 4.17. The van der Waals surface area contributed by atoms with Crippen LogP contribution in [0.2, 0.25) is 0 Å². The summed E-state index contributed by atoms with van der Waals surface area (Å²) in [4.78, 5) is 46.7. The number of nitrogens with two attached hydrogens (primary N) is 4. The van der Waals surface area contributed by atoms with Gasteiger partial charge in [-0.1, -0.05) is 48.3 Å². The predicted molar refractivity (Wildman–Crippen MR) is 190 cm³/mol. The molecule has 13 N–H and O–H groups in total. The number of carbonyl (C=O) groups is 2. The number of hydrogen-bond donors (Lipinski definition) is 9. The lowest BCUT2D eigenvalue weighted by Crippen LogP contribution is -2.29. The standard InChI is InChI=1S/C21H19N4O5P.2C6H14N2O2/c26-31(27,28)25-21-18(4-3-11-23-21)19-13-17(24-30-19)12-15-6-8-16(9-7-15)14-29-20-5-1-2-10-22-20;2*7-4-2-1-3-5(8)6(9)10/h1-11,13H,12,14H2,(H3,23,25,26,27,28);2*5H,1-4,7-8H2,(H,9,10)/t;2*5-/m.00/s1. The van der Waals surface area contributed by atoms with Crippen LogP contribution in [0.3, 0.4) is 0 Å². The van der Waals surface area contributed by atoms with E-state index in [0.717, 1.165) is 36.8 Å². The normalized spacial score (nSPS) is 12.0. The van der Waals surface area contributed by atoms with Crippen molar-refractivity contribution in [1.82, 2.24) is 15.1 Å². The second-order valence-electron chi connectivity index (χ2n) is 11.1. The summed E-state index contributed by atoms with van der Waals surface area (Å²) in [6.07, 6.45) is 7.97. The third-order valence-corrected chi connectivity index (χ3v) is 7.39. The molecule has 0 spiro atoms. The molecular formula is C33H47N8O9P. The van der Waals surface area contributed by atoms with E-state index in [1.165, 1.54) is 6.20 Å². The summed E-state index contributed by atoms with van der Waals surface area (Å²) in [5, 5.41) is 22.8. The van der Waals surface area contributed by atoms with Crippen LogP contribution >= 0.6 is 7.75 Å². The van der Waals surface area contributed by atoms with E-state index in [0.29, 0.717) is 61.9 Å². The van der Waals surface area contributed by atoms with E-state index >= 15 is 0 Å². The zero-order chi connectivity index (χ0) is 37.6. The summed E-state index contributed by atoms with van der Waals surface area (Å²) >= 11 is 0. The largest absolute Gasteiger partial charge is 0.480 e. The van der Waals surface area contributed by atoms with Crippen molar-refractivity contribution in [3.8, 4) is 17.2 Å². The number of unbranched alkanes of at least 4 members (excludes halogenated alkanes) is 2. The maximum absolute atomic E-state index is 11.3. The van der Waals surface area contributed by atoms with Crippen LogP contribution in [0.25, 0.3) is 11.3 Å². The number of rotatable bonds is 18. The van der Waals surface area contributed by atoms with E-state index in [2.05, 4.69) is 20.2 Å². The monoisotopic (exact) mass is 730 g/mol. The maximum atomic E-state index is 11.3. The molecule has 51 heavy (non-hydrogen) atoms. The van der Waals surface area contributed by atoms with Gasteiger partial charge in [-0.15, -0.1) is 0 Å². The van der Waals surface area contributed by atoms with Crippen LogP contribution < -0.4 is 32.8 Å². The van der Waals surface area contributed by atoms with Gasteiger partial charge in [0.05, 0.1) is 11.3 Å². The molecule has 0 amide bonds. The Hall–Kier alpha value is -4.74. The molecule has 4 aromatic rings. The van der Waals surface area contributed by atoms with Gasteiger partial charge in [0.15, 0.2) is 5.76 Å². The Kier molecular flexibility index (Phi) is 19.0. The summed E-state index contributed by atoms with van der Waals surface area (Å²) in [6.45, 7) is 1.63. The van der Waals surface area contributed by atoms with Gasteiger partial charge < -0.3 is 52.2 Å². The van der Waals surface area contributed by atoms with Crippen LogP contribution in [0.15, 0.2) is 77.6 Å². The highest BCUT2D eigenvalue weighted by atomic mass is 31.2. The van der Waals surface area contributed by atoms with Gasteiger partial charge in [0.25, 0.3) is 0 Å². The molecule has 0 aliphatic carbocycles. The Labute approximate surface area is 295 Å². The summed E-state index contributed by atoms with van der Waals surface area (Å²) in [5.74, 6) is -0.908. The number of aliphatic carboxylic acids is 2. The number of pyridine rings is 2. The average molecular weight is 731 g/mol. The number of aromatic nitrogens is 3. The molecule has 0 saturated heterocycles. The first-order valence-electron chi connectivity index (χ1n) is 16.1. The molecule has 0 unspecified atom stereocenters. The zero-order valence-electron chi connectivity index (χ0n) is 28.1. The number of anilines is 1. The highest BCUT2D eigenvalue weighted by Crippen LogP contribution is 2.38. The third kappa shape index (κ3) is 17.7. The van der Waals surface area contributed by atoms with Crippen LogP contribution in [0.1, 0.15) is 55.3 Å². The molecule has 4 rings (SSSR count). The first-order chi connectivity index (χ1) is 24.3. The van der Waals surface area contributed by atoms with Gasteiger partial charge in [0.2, 0.25) is 5.88 Å². The van der Waals surface area contributed by atoms with Gasteiger partial charge in [0, 0.05) is 30.9 Å². The highest BCUT2D eigenvalue weighted by molar-refractivity contribution is 7.53. The Bertz CT molecular complexity index is 1610. The number of hydrogen-bond acceptors (Lipinski definition) is 12. The molecule has 2 atom stereocenters. The number of nitrogens with zero attached hydrogens (tertiary/aromatic N) is 3. The lowest BCUT2D eigenvalue weighted by Gasteiger charge is -2.09. The quantitative estimate of drug-likeness (QED) is 0.0525. The van der Waals surface area contributed by atoms with Crippen LogP contribution in [-0.4, -0.2) is 72.2 Å². The minimum Gasteiger partial charge on any atom is -0.480 e. The Morgan fingerprint density at radius 1 is 0.824 bits per heavy atom. The topological polar surface area (TPSA) is 309 Å². The van der Waals surface area contributed by atoms with Gasteiger partial charge >= 0.3 is 19.7 Å². The molecule has 0 bridgehead atoms. The molecule has 0 aliphatic rings. The molecule has 3 heterocycles. The lowest BCUT2D eigenvalue weighted by atomic mass is 10.1. The minimum absolute atomic E-state index is 0.0239. The van der Waals surface area contributed by atoms with E-state index in [1.807, 2.05) is 36.4 Å². The fraction of sp³-hybridized carbons (Fsp3) is 0.364. The van der Waals surface area contributed by atoms with Crippen LogP contribution in [0.5, 0.6) is 5.88 Å². The third-order valence-electron chi connectivity index (χ3n) is 6.89. The minimum atomic E-state index is -4.50. The molecule has 18 heteroatoms. The first-order valence-corrected chi connectivity index (χ1v) is 17.7. The maximum Gasteiger partial charge on any atom is 0.428 e. The van der Waals surface area contributed by atoms with Crippen molar-refractivity contribution in [1.29, 1.82) is 0 Å². The molecule has 3 aromatic heterocycles. The van der Waals surface area contributed by atoms with Gasteiger partial charge in [-0.3, -0.25) is 14.7 Å². The van der Waals surface area contributed by atoms with Gasteiger partial charge in [-0.05, 0) is 68.1 Å². The molecule has 0 fully saturated rings. The van der Waals surface area contributed by atoms with E-state index in [1.54, 1.807) is 30.5 Å². The molecule has 0 radical (unpaired) electrons. The van der Waals surface area contributed by atoms with Crippen LogP contribution in [0.4, 0.5) is 5.82 Å². The van der Waals surface area contributed by atoms with Gasteiger partial charge in [-0.25, -0.2) is 14.5 Å². The summed E-state index contributed by atoms with van der Waals surface area (Å²) in [5.41, 5.74) is 24.0. The van der Waals surface area contributed by atoms with Crippen molar-refractivity contribution in [3.63, 3.8) is 0 Å². The Morgan fingerprint density at radius 2 is 1.41 bits per heavy atom. The highest BCUT2D eigenvalue weighted by Gasteiger charge is 2.19. The fourth-order valence-corrected chi connectivity index (χ4v) is 4.62. The zero-order valence-corrected chi connectivity index (χ0v) is 29.0. The smallest absolute Gasteiger partial charge is 0.428 e. The second kappa shape index (κ2) is 22.9. The van der Waals surface area contributed by atoms with Crippen molar-refractivity contribution < 1.29 is 43.4 Å². The second-order valence-corrected chi connectivity index (χ2v) is 12.5. The predicted octanol–water partition coefficient (Wildman–Crippen LogP) is 2.86. The summed E-state index contributed by atoms with van der Waals surface area (Å²) in [7, 11) is -4.50. The van der Waals surface area contributed by atoms with Crippen LogP contribution in [0, 0.1) is 0 Å². The molecule has 0 saturated carbocycles. The van der Waals surface area contributed by atoms with Crippen molar-refractivity contribution in [3.05, 3.63) is 89.9 Å². The van der Waals surface area contributed by atoms with E-state index in [-0.39, 0.29) is 5.82 Å². The number of nitrogens with one attached hydrogen (secondary N) is 1. The number of carboxylic acids is 2. The summed E-state index contributed by atoms with van der Waals surface area (Å²) in [6, 6.07) is 17.0. The van der Waals surface area contributed by atoms with Gasteiger partial charge in [-0.2, -0.15) is 0 Å². The first kappa shape index (κ1) is 42.4. The van der Waals surface area contributed by atoms with Crippen molar-refractivity contribution in [2.24, 2.45) is 22.9 Å². The molecule has 278 valence electrons. The lowest BCUT2D eigenvalue weighted by molar-refractivity contribution is -0.139.